The Labute approximate surface area is 142 Å². The van der Waals surface area contributed by atoms with Crippen molar-refractivity contribution in [2.45, 2.75) is 25.2 Å². The number of aromatic amines is 1. The van der Waals surface area contributed by atoms with Gasteiger partial charge in [-0.25, -0.2) is 8.78 Å². The lowest BCUT2D eigenvalue weighted by Gasteiger charge is -2.43. The van der Waals surface area contributed by atoms with Crippen LogP contribution < -0.4 is 5.56 Å². The van der Waals surface area contributed by atoms with Crippen molar-refractivity contribution in [2.75, 3.05) is 13.1 Å². The molecule has 1 aliphatic carbocycles. The van der Waals surface area contributed by atoms with Crippen LogP contribution in [-0.2, 0) is 0 Å². The molecule has 2 heterocycles. The van der Waals surface area contributed by atoms with Gasteiger partial charge in [0.25, 0.3) is 11.5 Å². The highest BCUT2D eigenvalue weighted by molar-refractivity contribution is 5.92. The van der Waals surface area contributed by atoms with Crippen LogP contribution in [0.25, 0.3) is 0 Å². The van der Waals surface area contributed by atoms with E-state index in [0.717, 1.165) is 31.5 Å². The van der Waals surface area contributed by atoms with E-state index in [1.165, 1.54) is 12.3 Å². The van der Waals surface area contributed by atoms with E-state index in [4.69, 9.17) is 0 Å². The number of carbonyl (C=O) groups excluding carboxylic acids is 1. The molecule has 1 amide bonds. The van der Waals surface area contributed by atoms with Crippen LogP contribution in [0.5, 0.6) is 0 Å². The highest BCUT2D eigenvalue weighted by Crippen LogP contribution is 2.56. The van der Waals surface area contributed by atoms with Crippen LogP contribution in [-0.4, -0.2) is 33.9 Å². The first-order valence-electron chi connectivity index (χ1n) is 8.28. The van der Waals surface area contributed by atoms with Gasteiger partial charge in [0, 0.05) is 19.0 Å². The van der Waals surface area contributed by atoms with Gasteiger partial charge in [-0.2, -0.15) is 0 Å². The standard InChI is InChI=1S/C18H17F2N3O2/c19-13-4-1-3-11(16(13)20)12-9-23(10-18(12)5-2-6-18)17(25)14-7-21-8-15(24)22-14/h1,3-4,7-8,12H,2,5-6,9-10H2,(H,22,24). The first-order chi connectivity index (χ1) is 12.0. The Bertz CT molecular complexity index is 892. The van der Waals surface area contributed by atoms with Gasteiger partial charge in [0.05, 0.1) is 12.4 Å². The largest absolute Gasteiger partial charge is 0.336 e. The summed E-state index contributed by atoms with van der Waals surface area (Å²) < 4.78 is 28.0. The fraction of sp³-hybridized carbons (Fsp3) is 0.389. The molecule has 25 heavy (non-hydrogen) atoms. The van der Waals surface area contributed by atoms with Gasteiger partial charge >= 0.3 is 0 Å². The van der Waals surface area contributed by atoms with Gasteiger partial charge in [-0.05, 0) is 29.9 Å². The lowest BCUT2D eigenvalue weighted by molar-refractivity contribution is 0.0718. The molecule has 5 nitrogen and oxygen atoms in total. The predicted octanol–water partition coefficient (Wildman–Crippen LogP) is 2.46. The second-order valence-electron chi connectivity index (χ2n) is 6.91. The molecule has 0 bridgehead atoms. The minimum atomic E-state index is -0.867. The summed E-state index contributed by atoms with van der Waals surface area (Å²) in [6, 6.07) is 4.21. The summed E-state index contributed by atoms with van der Waals surface area (Å²) >= 11 is 0. The summed E-state index contributed by atoms with van der Waals surface area (Å²) in [5, 5.41) is 0. The Kier molecular flexibility index (Phi) is 3.67. The maximum Gasteiger partial charge on any atom is 0.272 e. The molecule has 130 valence electrons. The van der Waals surface area contributed by atoms with E-state index in [1.54, 1.807) is 11.0 Å². The zero-order valence-electron chi connectivity index (χ0n) is 13.5. The summed E-state index contributed by atoms with van der Waals surface area (Å²) in [6.45, 7) is 0.777. The number of halogens is 2. The average molecular weight is 345 g/mol. The van der Waals surface area contributed by atoms with Crippen molar-refractivity contribution in [1.82, 2.24) is 14.9 Å². The maximum absolute atomic E-state index is 14.3. The number of benzene rings is 1. The molecule has 7 heteroatoms. The minimum absolute atomic E-state index is 0.113. The molecule has 1 N–H and O–H groups in total. The second kappa shape index (κ2) is 5.75. The molecule has 0 radical (unpaired) electrons. The Balaban J connectivity index is 1.67. The van der Waals surface area contributed by atoms with Crippen molar-refractivity contribution in [1.29, 1.82) is 0 Å². The van der Waals surface area contributed by atoms with Gasteiger partial charge in [0.1, 0.15) is 5.69 Å². The normalized spacial score (nSPS) is 21.4. The van der Waals surface area contributed by atoms with Gasteiger partial charge in [-0.15, -0.1) is 0 Å². The van der Waals surface area contributed by atoms with E-state index in [9.17, 15) is 18.4 Å². The molecule has 1 saturated heterocycles. The van der Waals surface area contributed by atoms with Gasteiger partial charge in [-0.3, -0.25) is 14.6 Å². The molecule has 1 aliphatic heterocycles. The number of amides is 1. The van der Waals surface area contributed by atoms with Crippen LogP contribution in [0.1, 0.15) is 41.2 Å². The van der Waals surface area contributed by atoms with E-state index in [1.807, 2.05) is 0 Å². The summed E-state index contributed by atoms with van der Waals surface area (Å²) in [5.74, 6) is -2.28. The predicted molar refractivity (Wildman–Crippen MR) is 86.1 cm³/mol. The average Bonchev–Trinajstić information content (AvgIpc) is 2.97. The monoisotopic (exact) mass is 345 g/mol. The molecular formula is C18H17F2N3O2. The van der Waals surface area contributed by atoms with E-state index >= 15 is 0 Å². The lowest BCUT2D eigenvalue weighted by atomic mass is 9.61. The molecule has 1 atom stereocenters. The fourth-order valence-corrected chi connectivity index (χ4v) is 4.13. The van der Waals surface area contributed by atoms with Crippen molar-refractivity contribution in [3.63, 3.8) is 0 Å². The first-order valence-corrected chi connectivity index (χ1v) is 8.28. The van der Waals surface area contributed by atoms with Crippen molar-refractivity contribution in [2.24, 2.45) is 5.41 Å². The number of nitrogens with zero attached hydrogens (tertiary/aromatic N) is 2. The topological polar surface area (TPSA) is 66.1 Å². The summed E-state index contributed by atoms with van der Waals surface area (Å²) in [6.07, 6.45) is 5.17. The highest BCUT2D eigenvalue weighted by Gasteiger charge is 2.52. The lowest BCUT2D eigenvalue weighted by Crippen LogP contribution is -2.38. The Morgan fingerprint density at radius 3 is 2.76 bits per heavy atom. The van der Waals surface area contributed by atoms with Crippen LogP contribution in [0.3, 0.4) is 0 Å². The number of carbonyl (C=O) groups is 1. The summed E-state index contributed by atoms with van der Waals surface area (Å²) in [4.78, 5) is 31.9. The number of hydrogen-bond acceptors (Lipinski definition) is 3. The third kappa shape index (κ3) is 2.54. The molecule has 2 aromatic rings. The molecule has 1 saturated carbocycles. The third-order valence-corrected chi connectivity index (χ3v) is 5.53. The number of H-pyrrole nitrogens is 1. The van der Waals surface area contributed by atoms with Crippen LogP contribution >= 0.6 is 0 Å². The van der Waals surface area contributed by atoms with Crippen molar-refractivity contribution >= 4 is 5.91 Å². The first kappa shape index (κ1) is 15.9. The van der Waals surface area contributed by atoms with E-state index in [2.05, 4.69) is 9.97 Å². The van der Waals surface area contributed by atoms with Gasteiger partial charge < -0.3 is 9.88 Å². The molecule has 4 rings (SSSR count). The second-order valence-corrected chi connectivity index (χ2v) is 6.91. The smallest absolute Gasteiger partial charge is 0.272 e. The van der Waals surface area contributed by atoms with E-state index < -0.39 is 17.2 Å². The highest BCUT2D eigenvalue weighted by atomic mass is 19.2. The number of likely N-dealkylation sites (tertiary alicyclic amines) is 1. The zero-order chi connectivity index (χ0) is 17.6. The third-order valence-electron chi connectivity index (χ3n) is 5.53. The Morgan fingerprint density at radius 1 is 1.28 bits per heavy atom. The number of nitrogens with one attached hydrogen (secondary N) is 1. The van der Waals surface area contributed by atoms with Gasteiger partial charge in [0.15, 0.2) is 11.6 Å². The van der Waals surface area contributed by atoms with Crippen molar-refractivity contribution < 1.29 is 13.6 Å². The Hall–Kier alpha value is -2.57. The van der Waals surface area contributed by atoms with E-state index in [0.29, 0.717) is 18.7 Å². The van der Waals surface area contributed by atoms with Crippen LogP contribution in [0.15, 0.2) is 35.4 Å². The number of rotatable bonds is 2. The molecule has 1 unspecified atom stereocenters. The maximum atomic E-state index is 14.3. The minimum Gasteiger partial charge on any atom is -0.336 e. The molecule has 1 spiro atoms. The van der Waals surface area contributed by atoms with Gasteiger partial charge in [-0.1, -0.05) is 18.6 Å². The number of hydrogen-bond donors (Lipinski definition) is 1. The Morgan fingerprint density at radius 2 is 2.08 bits per heavy atom. The van der Waals surface area contributed by atoms with Crippen LogP contribution in [0.4, 0.5) is 8.78 Å². The summed E-state index contributed by atoms with van der Waals surface area (Å²) in [7, 11) is 0. The van der Waals surface area contributed by atoms with Crippen LogP contribution in [0.2, 0.25) is 0 Å². The van der Waals surface area contributed by atoms with Crippen LogP contribution in [0, 0.1) is 17.0 Å². The van der Waals surface area contributed by atoms with Crippen molar-refractivity contribution in [3.8, 4) is 0 Å². The summed E-state index contributed by atoms with van der Waals surface area (Å²) in [5.41, 5.74) is -0.222. The quantitative estimate of drug-likeness (QED) is 0.909. The number of aromatic nitrogens is 2. The molecule has 2 fully saturated rings. The molecular weight excluding hydrogens is 328 g/mol. The fourth-order valence-electron chi connectivity index (χ4n) is 4.13. The molecule has 2 aliphatic rings. The van der Waals surface area contributed by atoms with E-state index in [-0.39, 0.29) is 22.9 Å². The molecule has 1 aromatic heterocycles. The SMILES string of the molecule is O=C(c1cncc(=O)[nH]1)N1CC(c2cccc(F)c2F)C2(CCC2)C1. The molecule has 1 aromatic carbocycles. The zero-order valence-corrected chi connectivity index (χ0v) is 13.5. The van der Waals surface area contributed by atoms with Gasteiger partial charge in [0.2, 0.25) is 0 Å². The van der Waals surface area contributed by atoms with Crippen molar-refractivity contribution in [3.05, 3.63) is 63.8 Å².